The van der Waals surface area contributed by atoms with Gasteiger partial charge in [0.2, 0.25) is 0 Å². The minimum absolute atomic E-state index is 0.540. The maximum Gasteiger partial charge on any atom is 0.0794 e. The summed E-state index contributed by atoms with van der Waals surface area (Å²) >= 11 is 1.79. The van der Waals surface area contributed by atoms with Crippen molar-refractivity contribution in [3.05, 3.63) is 16.6 Å². The molecule has 2 fully saturated rings. The van der Waals surface area contributed by atoms with E-state index in [0.717, 1.165) is 17.9 Å². The van der Waals surface area contributed by atoms with Crippen LogP contribution in [0.15, 0.2) is 11.7 Å². The zero-order valence-electron chi connectivity index (χ0n) is 10.6. The molecule has 4 atom stereocenters. The summed E-state index contributed by atoms with van der Waals surface area (Å²) < 4.78 is 0. The van der Waals surface area contributed by atoms with E-state index in [1.165, 1.54) is 30.9 Å². The highest BCUT2D eigenvalue weighted by Crippen LogP contribution is 2.39. The van der Waals surface area contributed by atoms with Crippen LogP contribution in [-0.4, -0.2) is 35.6 Å². The van der Waals surface area contributed by atoms with Gasteiger partial charge in [-0.1, -0.05) is 6.92 Å². The number of nitrogens with one attached hydrogen (secondary N) is 1. The molecule has 3 heterocycles. The predicted molar refractivity (Wildman–Crippen MR) is 71.2 cm³/mol. The Kier molecular flexibility index (Phi) is 3.19. The van der Waals surface area contributed by atoms with Gasteiger partial charge in [-0.05, 0) is 38.3 Å². The van der Waals surface area contributed by atoms with E-state index < -0.39 is 0 Å². The van der Waals surface area contributed by atoms with Crippen molar-refractivity contribution < 1.29 is 0 Å². The second kappa shape index (κ2) is 4.67. The molecule has 0 radical (unpaired) electrons. The van der Waals surface area contributed by atoms with Crippen LogP contribution in [0.2, 0.25) is 0 Å². The highest BCUT2D eigenvalue weighted by Gasteiger charge is 2.44. The topological polar surface area (TPSA) is 28.2 Å². The summed E-state index contributed by atoms with van der Waals surface area (Å²) in [6, 6.07) is 1.30. The van der Waals surface area contributed by atoms with Crippen LogP contribution in [-0.2, 0) is 0 Å². The monoisotopic (exact) mass is 251 g/mol. The van der Waals surface area contributed by atoms with Crippen LogP contribution < -0.4 is 5.32 Å². The van der Waals surface area contributed by atoms with Gasteiger partial charge < -0.3 is 5.32 Å². The molecule has 3 rings (SSSR count). The normalized spacial score (nSPS) is 35.1. The SMILES string of the molecule is CCC1C2CNCC2CN1C(C)c1cncs1. The molecule has 94 valence electrons. The Balaban J connectivity index is 1.79. The van der Waals surface area contributed by atoms with Gasteiger partial charge in [0, 0.05) is 29.7 Å². The van der Waals surface area contributed by atoms with Gasteiger partial charge in [0.15, 0.2) is 0 Å². The number of rotatable bonds is 3. The van der Waals surface area contributed by atoms with Crippen molar-refractivity contribution in [2.24, 2.45) is 11.8 Å². The summed E-state index contributed by atoms with van der Waals surface area (Å²) in [5.41, 5.74) is 1.95. The number of likely N-dealkylation sites (tertiary alicyclic amines) is 1. The number of hydrogen-bond donors (Lipinski definition) is 1. The molecular weight excluding hydrogens is 230 g/mol. The first-order valence-electron chi connectivity index (χ1n) is 6.66. The highest BCUT2D eigenvalue weighted by atomic mass is 32.1. The van der Waals surface area contributed by atoms with Crippen molar-refractivity contribution in [2.45, 2.75) is 32.4 Å². The van der Waals surface area contributed by atoms with E-state index in [2.05, 4.69) is 29.0 Å². The van der Waals surface area contributed by atoms with Gasteiger partial charge in [-0.2, -0.15) is 0 Å². The molecule has 1 N–H and O–H groups in total. The summed E-state index contributed by atoms with van der Waals surface area (Å²) in [5, 5.41) is 3.55. The van der Waals surface area contributed by atoms with Gasteiger partial charge in [-0.3, -0.25) is 9.88 Å². The molecule has 1 aromatic heterocycles. The summed E-state index contributed by atoms with van der Waals surface area (Å²) in [6.07, 6.45) is 3.31. The minimum Gasteiger partial charge on any atom is -0.316 e. The van der Waals surface area contributed by atoms with Crippen molar-refractivity contribution in [1.29, 1.82) is 0 Å². The largest absolute Gasteiger partial charge is 0.316 e. The number of aromatic nitrogens is 1. The molecule has 1 aromatic rings. The molecule has 4 unspecified atom stereocenters. The van der Waals surface area contributed by atoms with Crippen molar-refractivity contribution in [2.75, 3.05) is 19.6 Å². The molecule has 17 heavy (non-hydrogen) atoms. The van der Waals surface area contributed by atoms with Gasteiger partial charge in [0.25, 0.3) is 0 Å². The molecule has 0 saturated carbocycles. The van der Waals surface area contributed by atoms with Crippen molar-refractivity contribution in [1.82, 2.24) is 15.2 Å². The van der Waals surface area contributed by atoms with Crippen LogP contribution in [0.5, 0.6) is 0 Å². The number of thiazole rings is 1. The molecule has 2 aliphatic heterocycles. The maximum absolute atomic E-state index is 4.22. The lowest BCUT2D eigenvalue weighted by molar-refractivity contribution is 0.167. The van der Waals surface area contributed by atoms with E-state index in [1.807, 2.05) is 11.7 Å². The molecule has 2 saturated heterocycles. The molecule has 0 aromatic carbocycles. The Morgan fingerprint density at radius 2 is 2.47 bits per heavy atom. The van der Waals surface area contributed by atoms with E-state index in [1.54, 1.807) is 11.3 Å². The standard InChI is InChI=1S/C13H21N3S/c1-3-12-11-5-14-4-10(11)7-16(12)9(2)13-6-15-8-17-13/h6,8-12,14H,3-5,7H2,1-2H3. The molecule has 0 spiro atoms. The van der Waals surface area contributed by atoms with E-state index in [9.17, 15) is 0 Å². The lowest BCUT2D eigenvalue weighted by Crippen LogP contribution is -2.36. The van der Waals surface area contributed by atoms with E-state index in [-0.39, 0.29) is 0 Å². The number of nitrogens with zero attached hydrogens (tertiary/aromatic N) is 2. The quantitative estimate of drug-likeness (QED) is 0.892. The van der Waals surface area contributed by atoms with Crippen molar-refractivity contribution in [3.8, 4) is 0 Å². The summed E-state index contributed by atoms with van der Waals surface area (Å²) in [6.45, 7) is 8.36. The summed E-state index contributed by atoms with van der Waals surface area (Å²) in [5.74, 6) is 1.74. The van der Waals surface area contributed by atoms with Gasteiger partial charge in [0.05, 0.1) is 5.51 Å². The third-order valence-corrected chi connectivity index (χ3v) is 5.48. The third-order valence-electron chi connectivity index (χ3n) is 4.54. The molecule has 4 heteroatoms. The van der Waals surface area contributed by atoms with Crippen LogP contribution in [0.3, 0.4) is 0 Å². The first kappa shape index (κ1) is 11.6. The predicted octanol–water partition coefficient (Wildman–Crippen LogP) is 2.13. The number of hydrogen-bond acceptors (Lipinski definition) is 4. The Labute approximate surface area is 107 Å². The first-order chi connectivity index (χ1) is 8.31. The van der Waals surface area contributed by atoms with E-state index in [4.69, 9.17) is 0 Å². The summed E-state index contributed by atoms with van der Waals surface area (Å²) in [4.78, 5) is 8.34. The van der Waals surface area contributed by atoms with Crippen molar-refractivity contribution >= 4 is 11.3 Å². The van der Waals surface area contributed by atoms with Crippen LogP contribution in [0, 0.1) is 11.8 Å². The third kappa shape index (κ3) is 1.92. The average Bonchev–Trinajstić information content (AvgIpc) is 3.03. The van der Waals surface area contributed by atoms with Gasteiger partial charge >= 0.3 is 0 Å². The van der Waals surface area contributed by atoms with Crippen LogP contribution in [0.1, 0.15) is 31.2 Å². The summed E-state index contributed by atoms with van der Waals surface area (Å²) in [7, 11) is 0. The second-order valence-electron chi connectivity index (χ2n) is 5.33. The second-order valence-corrected chi connectivity index (χ2v) is 6.25. The zero-order chi connectivity index (χ0) is 11.8. The highest BCUT2D eigenvalue weighted by molar-refractivity contribution is 7.09. The minimum atomic E-state index is 0.540. The molecular formula is C13H21N3S. The fourth-order valence-corrected chi connectivity index (χ4v) is 4.33. The van der Waals surface area contributed by atoms with Crippen LogP contribution in [0.25, 0.3) is 0 Å². The fraction of sp³-hybridized carbons (Fsp3) is 0.769. The molecule has 0 amide bonds. The van der Waals surface area contributed by atoms with Crippen LogP contribution >= 0.6 is 11.3 Å². The lowest BCUT2D eigenvalue weighted by Gasteiger charge is -2.31. The van der Waals surface area contributed by atoms with Gasteiger partial charge in [0.1, 0.15) is 0 Å². The van der Waals surface area contributed by atoms with Gasteiger partial charge in [-0.15, -0.1) is 11.3 Å². The molecule has 0 bridgehead atoms. The molecule has 3 nitrogen and oxygen atoms in total. The Hall–Kier alpha value is -0.450. The zero-order valence-corrected chi connectivity index (χ0v) is 11.4. The van der Waals surface area contributed by atoms with E-state index in [0.29, 0.717) is 6.04 Å². The molecule has 0 aliphatic carbocycles. The van der Waals surface area contributed by atoms with Crippen LogP contribution in [0.4, 0.5) is 0 Å². The smallest absolute Gasteiger partial charge is 0.0794 e. The average molecular weight is 251 g/mol. The number of fused-ring (bicyclic) bond motifs is 1. The van der Waals surface area contributed by atoms with Crippen molar-refractivity contribution in [3.63, 3.8) is 0 Å². The Morgan fingerprint density at radius 3 is 3.18 bits per heavy atom. The Bertz CT molecular complexity index is 365. The maximum atomic E-state index is 4.22. The Morgan fingerprint density at radius 1 is 1.59 bits per heavy atom. The molecule has 2 aliphatic rings. The van der Waals surface area contributed by atoms with Gasteiger partial charge in [-0.25, -0.2) is 0 Å². The fourth-order valence-electron chi connectivity index (χ4n) is 3.63. The first-order valence-corrected chi connectivity index (χ1v) is 7.54. The van der Waals surface area contributed by atoms with E-state index >= 15 is 0 Å². The lowest BCUT2D eigenvalue weighted by atomic mass is 9.92.